The van der Waals surface area contributed by atoms with Gasteiger partial charge in [-0.2, -0.15) is 0 Å². The second kappa shape index (κ2) is 8.90. The highest BCUT2D eigenvalue weighted by Gasteiger charge is 2.46. The minimum Gasteiger partial charge on any atom is -0.490 e. The number of Topliss-reactive ketones (excluding diaryl/α,β-unsaturated/α-hetero) is 1. The molecule has 1 amide bonds. The molecule has 2 aliphatic heterocycles. The van der Waals surface area contributed by atoms with E-state index in [0.29, 0.717) is 24.2 Å². The van der Waals surface area contributed by atoms with Crippen molar-refractivity contribution >= 4 is 11.9 Å². The maximum absolute atomic E-state index is 13.3. The van der Waals surface area contributed by atoms with Gasteiger partial charge in [0.25, 0.3) is 0 Å². The first-order valence-electron chi connectivity index (χ1n) is 10.8. The molecular formula is C25H29NO4. The predicted molar refractivity (Wildman–Crippen MR) is 115 cm³/mol. The smallest absolute Gasteiger partial charge is 0.410 e. The average Bonchev–Trinajstić information content (AvgIpc) is 3.01. The van der Waals surface area contributed by atoms with Gasteiger partial charge < -0.3 is 14.4 Å². The number of rotatable bonds is 6. The Morgan fingerprint density at radius 1 is 0.967 bits per heavy atom. The van der Waals surface area contributed by atoms with Gasteiger partial charge in [0.2, 0.25) is 0 Å². The van der Waals surface area contributed by atoms with Crippen molar-refractivity contribution < 1.29 is 19.1 Å². The molecule has 2 saturated heterocycles. The number of benzene rings is 2. The number of ketones is 1. The van der Waals surface area contributed by atoms with Crippen LogP contribution >= 0.6 is 0 Å². The molecule has 2 bridgehead atoms. The number of carbonyl (C=O) groups excluding carboxylic acids is 2. The summed E-state index contributed by atoms with van der Waals surface area (Å²) in [5.74, 6) is 0.688. The molecule has 5 heteroatoms. The van der Waals surface area contributed by atoms with Gasteiger partial charge in [-0.15, -0.1) is 0 Å². The van der Waals surface area contributed by atoms with Crippen LogP contribution in [0.25, 0.3) is 0 Å². The fraction of sp³-hybridized carbons (Fsp3) is 0.440. The molecule has 2 fully saturated rings. The third-order valence-corrected chi connectivity index (χ3v) is 6.04. The van der Waals surface area contributed by atoms with Gasteiger partial charge >= 0.3 is 6.09 Å². The van der Waals surface area contributed by atoms with Gasteiger partial charge in [0.05, 0.1) is 11.7 Å². The van der Waals surface area contributed by atoms with Crippen molar-refractivity contribution in [1.82, 2.24) is 4.90 Å². The van der Waals surface area contributed by atoms with Crippen molar-refractivity contribution in [3.63, 3.8) is 0 Å². The zero-order valence-electron chi connectivity index (χ0n) is 17.6. The van der Waals surface area contributed by atoms with Crippen molar-refractivity contribution in [2.75, 3.05) is 0 Å². The zero-order chi connectivity index (χ0) is 21.1. The fourth-order valence-corrected chi connectivity index (χ4v) is 4.73. The highest BCUT2D eigenvalue weighted by molar-refractivity contribution is 6.00. The summed E-state index contributed by atoms with van der Waals surface area (Å²) in [5, 5.41) is 0. The van der Waals surface area contributed by atoms with Gasteiger partial charge in [-0.05, 0) is 57.2 Å². The topological polar surface area (TPSA) is 55.8 Å². The van der Waals surface area contributed by atoms with E-state index in [0.717, 1.165) is 18.4 Å². The summed E-state index contributed by atoms with van der Waals surface area (Å²) in [5.41, 5.74) is 1.63. The number of fused-ring (bicyclic) bond motifs is 2. The van der Waals surface area contributed by atoms with Crippen LogP contribution in [0.5, 0.6) is 5.75 Å². The van der Waals surface area contributed by atoms with E-state index in [1.54, 1.807) is 0 Å². The van der Waals surface area contributed by atoms with Crippen LogP contribution in [0, 0.1) is 5.92 Å². The van der Waals surface area contributed by atoms with E-state index in [-0.39, 0.29) is 42.6 Å². The lowest BCUT2D eigenvalue weighted by atomic mass is 9.84. The van der Waals surface area contributed by atoms with Crippen molar-refractivity contribution in [1.29, 1.82) is 0 Å². The molecule has 0 spiro atoms. The number of ether oxygens (including phenoxy) is 2. The molecule has 158 valence electrons. The van der Waals surface area contributed by atoms with E-state index < -0.39 is 0 Å². The van der Waals surface area contributed by atoms with E-state index >= 15 is 0 Å². The lowest BCUT2D eigenvalue weighted by Gasteiger charge is -2.37. The molecule has 2 aromatic carbocycles. The molecule has 2 aromatic rings. The molecule has 2 heterocycles. The van der Waals surface area contributed by atoms with E-state index in [1.165, 1.54) is 0 Å². The van der Waals surface area contributed by atoms with Crippen LogP contribution < -0.4 is 4.74 Å². The molecule has 2 unspecified atom stereocenters. The van der Waals surface area contributed by atoms with E-state index in [9.17, 15) is 9.59 Å². The molecule has 0 aromatic heterocycles. The highest BCUT2D eigenvalue weighted by Crippen LogP contribution is 2.41. The largest absolute Gasteiger partial charge is 0.490 e. The van der Waals surface area contributed by atoms with E-state index in [1.807, 2.05) is 73.3 Å². The van der Waals surface area contributed by atoms with Crippen LogP contribution in [0.4, 0.5) is 4.79 Å². The fourth-order valence-electron chi connectivity index (χ4n) is 4.73. The van der Waals surface area contributed by atoms with Crippen LogP contribution in [0.1, 0.15) is 55.5 Å². The first kappa shape index (κ1) is 20.5. The van der Waals surface area contributed by atoms with Gasteiger partial charge in [0.15, 0.2) is 5.78 Å². The Balaban J connectivity index is 1.41. The Morgan fingerprint density at radius 2 is 1.60 bits per heavy atom. The van der Waals surface area contributed by atoms with Gasteiger partial charge in [0.1, 0.15) is 12.4 Å². The summed E-state index contributed by atoms with van der Waals surface area (Å²) in [7, 11) is 0. The lowest BCUT2D eigenvalue weighted by molar-refractivity contribution is 0.0483. The number of amides is 1. The first-order chi connectivity index (χ1) is 14.5. The number of nitrogens with zero attached hydrogens (tertiary/aromatic N) is 1. The Labute approximate surface area is 178 Å². The SMILES string of the molecule is CC(C)Oc1ccccc1C(=O)C1CC2CCC(C1)N2C(=O)OCc1ccccc1. The van der Waals surface area contributed by atoms with Crippen LogP contribution in [0.15, 0.2) is 54.6 Å². The molecule has 0 aliphatic carbocycles. The van der Waals surface area contributed by atoms with E-state index in [4.69, 9.17) is 9.47 Å². The highest BCUT2D eigenvalue weighted by atomic mass is 16.6. The molecule has 2 aliphatic rings. The Kier molecular flexibility index (Phi) is 6.07. The average molecular weight is 408 g/mol. The Bertz CT molecular complexity index is 881. The standard InChI is InChI=1S/C25H29NO4/c1-17(2)30-23-11-7-6-10-22(23)24(27)19-14-20-12-13-21(15-19)26(20)25(28)29-16-18-8-4-3-5-9-18/h3-11,17,19-21H,12-16H2,1-2H3. The predicted octanol–water partition coefficient (Wildman–Crippen LogP) is 5.24. The Hall–Kier alpha value is -2.82. The number of piperidine rings is 1. The van der Waals surface area contributed by atoms with Gasteiger partial charge in [-0.25, -0.2) is 4.79 Å². The first-order valence-corrected chi connectivity index (χ1v) is 10.8. The molecule has 0 saturated carbocycles. The summed E-state index contributed by atoms with van der Waals surface area (Å²) in [6, 6.07) is 17.3. The molecule has 0 radical (unpaired) electrons. The normalized spacial score (nSPS) is 22.8. The van der Waals surface area contributed by atoms with Crippen LogP contribution in [-0.2, 0) is 11.3 Å². The third kappa shape index (κ3) is 4.35. The number of para-hydroxylation sites is 1. The maximum Gasteiger partial charge on any atom is 0.410 e. The van der Waals surface area contributed by atoms with Crippen molar-refractivity contribution in [3.8, 4) is 5.75 Å². The van der Waals surface area contributed by atoms with Gasteiger partial charge in [-0.1, -0.05) is 42.5 Å². The number of carbonyl (C=O) groups is 2. The second-order valence-corrected chi connectivity index (χ2v) is 8.53. The van der Waals surface area contributed by atoms with Crippen LogP contribution in [-0.4, -0.2) is 35.0 Å². The minimum absolute atomic E-state index is 0.0105. The molecule has 0 N–H and O–H groups in total. The Morgan fingerprint density at radius 3 is 2.27 bits per heavy atom. The third-order valence-electron chi connectivity index (χ3n) is 6.04. The second-order valence-electron chi connectivity index (χ2n) is 8.53. The molecule has 4 rings (SSSR count). The van der Waals surface area contributed by atoms with Crippen LogP contribution in [0.3, 0.4) is 0 Å². The lowest BCUT2D eigenvalue weighted by Crippen LogP contribution is -2.48. The summed E-state index contributed by atoms with van der Waals surface area (Å²) in [4.78, 5) is 27.9. The maximum atomic E-state index is 13.3. The van der Waals surface area contributed by atoms with Crippen LogP contribution in [0.2, 0.25) is 0 Å². The van der Waals surface area contributed by atoms with Gasteiger partial charge in [-0.3, -0.25) is 4.79 Å². The summed E-state index contributed by atoms with van der Waals surface area (Å²) in [6.45, 7) is 4.19. The molecule has 30 heavy (non-hydrogen) atoms. The number of hydrogen-bond acceptors (Lipinski definition) is 4. The summed E-state index contributed by atoms with van der Waals surface area (Å²) < 4.78 is 11.4. The van der Waals surface area contributed by atoms with Crippen molar-refractivity contribution in [3.05, 3.63) is 65.7 Å². The number of hydrogen-bond donors (Lipinski definition) is 0. The molecule has 2 atom stereocenters. The van der Waals surface area contributed by atoms with E-state index in [2.05, 4.69) is 0 Å². The monoisotopic (exact) mass is 407 g/mol. The minimum atomic E-state index is -0.263. The summed E-state index contributed by atoms with van der Waals surface area (Å²) >= 11 is 0. The van der Waals surface area contributed by atoms with Crippen molar-refractivity contribution in [2.45, 2.75) is 64.3 Å². The van der Waals surface area contributed by atoms with Crippen molar-refractivity contribution in [2.24, 2.45) is 5.92 Å². The molecule has 5 nitrogen and oxygen atoms in total. The summed E-state index contributed by atoms with van der Waals surface area (Å²) in [6.07, 6.45) is 2.98. The molecular weight excluding hydrogens is 378 g/mol. The zero-order valence-corrected chi connectivity index (χ0v) is 17.6. The quantitative estimate of drug-likeness (QED) is 0.615. The van der Waals surface area contributed by atoms with Gasteiger partial charge in [0, 0.05) is 18.0 Å².